The summed E-state index contributed by atoms with van der Waals surface area (Å²) in [5.41, 5.74) is 1.72. The van der Waals surface area contributed by atoms with Gasteiger partial charge in [0.15, 0.2) is 11.0 Å². The summed E-state index contributed by atoms with van der Waals surface area (Å²) in [5.74, 6) is 3.00. The van der Waals surface area contributed by atoms with E-state index in [-0.39, 0.29) is 17.7 Å². The third-order valence-corrected chi connectivity index (χ3v) is 7.11. The highest BCUT2D eigenvalue weighted by atomic mass is 32.2. The van der Waals surface area contributed by atoms with E-state index in [9.17, 15) is 4.79 Å². The summed E-state index contributed by atoms with van der Waals surface area (Å²) in [4.78, 5) is 12.7. The van der Waals surface area contributed by atoms with Crippen molar-refractivity contribution < 1.29 is 14.3 Å². The molecule has 1 amide bonds. The Labute approximate surface area is 205 Å². The number of benzene rings is 2. The number of carbonyl (C=O) groups is 1. The lowest BCUT2D eigenvalue weighted by Crippen LogP contribution is -2.41. The zero-order valence-corrected chi connectivity index (χ0v) is 20.8. The van der Waals surface area contributed by atoms with Crippen molar-refractivity contribution in [3.63, 3.8) is 0 Å². The molecule has 1 aliphatic rings. The number of amides is 1. The summed E-state index contributed by atoms with van der Waals surface area (Å²) in [6, 6.07) is 15.8. The maximum Gasteiger partial charge on any atom is 0.230 e. The van der Waals surface area contributed by atoms with Crippen molar-refractivity contribution in [3.8, 4) is 28.6 Å². The number of methoxy groups -OCH3 is 1. The Balaban J connectivity index is 1.60. The van der Waals surface area contributed by atoms with Gasteiger partial charge in [0.25, 0.3) is 0 Å². The lowest BCUT2D eigenvalue weighted by Gasteiger charge is -2.29. The fraction of sp³-hybridized carbons (Fsp3) is 0.423. The first-order valence-electron chi connectivity index (χ1n) is 11.8. The summed E-state index contributed by atoms with van der Waals surface area (Å²) in [5, 5.41) is 12.8. The number of nitrogens with zero attached hydrogens (tertiary/aromatic N) is 3. The minimum Gasteiger partial charge on any atom is -0.496 e. The van der Waals surface area contributed by atoms with Crippen LogP contribution in [0.2, 0.25) is 0 Å². The van der Waals surface area contributed by atoms with Gasteiger partial charge in [-0.05, 0) is 62.1 Å². The van der Waals surface area contributed by atoms with Gasteiger partial charge in [-0.15, -0.1) is 10.2 Å². The van der Waals surface area contributed by atoms with Gasteiger partial charge in [0, 0.05) is 6.04 Å². The van der Waals surface area contributed by atoms with Gasteiger partial charge in [-0.3, -0.25) is 9.36 Å². The fourth-order valence-corrected chi connectivity index (χ4v) is 5.13. The molecule has 7 nitrogen and oxygen atoms in total. The van der Waals surface area contributed by atoms with E-state index >= 15 is 0 Å². The largest absolute Gasteiger partial charge is 0.496 e. The molecule has 180 valence electrons. The molecule has 1 saturated carbocycles. The number of aromatic nitrogens is 3. The van der Waals surface area contributed by atoms with Crippen molar-refractivity contribution in [2.75, 3.05) is 19.5 Å². The fourth-order valence-electron chi connectivity index (χ4n) is 4.37. The molecule has 1 N–H and O–H groups in total. The van der Waals surface area contributed by atoms with E-state index in [0.29, 0.717) is 29.3 Å². The predicted octanol–water partition coefficient (Wildman–Crippen LogP) is 5.13. The Morgan fingerprint density at radius 1 is 1.12 bits per heavy atom. The molecule has 34 heavy (non-hydrogen) atoms. The van der Waals surface area contributed by atoms with Crippen molar-refractivity contribution in [1.82, 2.24) is 20.1 Å². The van der Waals surface area contributed by atoms with E-state index in [4.69, 9.17) is 9.47 Å². The average molecular weight is 481 g/mol. The van der Waals surface area contributed by atoms with Gasteiger partial charge in [0.05, 0.1) is 30.7 Å². The van der Waals surface area contributed by atoms with Crippen LogP contribution in [0.1, 0.15) is 39.5 Å². The molecule has 1 fully saturated rings. The van der Waals surface area contributed by atoms with Crippen molar-refractivity contribution in [1.29, 1.82) is 0 Å². The maximum atomic E-state index is 12.7. The predicted molar refractivity (Wildman–Crippen MR) is 135 cm³/mol. The van der Waals surface area contributed by atoms with Crippen LogP contribution in [0.15, 0.2) is 53.7 Å². The van der Waals surface area contributed by atoms with Crippen LogP contribution < -0.4 is 14.8 Å². The highest BCUT2D eigenvalue weighted by molar-refractivity contribution is 7.99. The molecular formula is C26H32N4O3S. The monoisotopic (exact) mass is 480 g/mol. The number of carbonyl (C=O) groups excluding carboxylic acids is 1. The molecule has 2 aromatic carbocycles. The average Bonchev–Trinajstić information content (AvgIpc) is 3.28. The van der Waals surface area contributed by atoms with Crippen molar-refractivity contribution in [2.45, 2.75) is 50.7 Å². The Kier molecular flexibility index (Phi) is 8.11. The quantitative estimate of drug-likeness (QED) is 0.428. The molecule has 4 rings (SSSR count). The number of rotatable bonds is 9. The molecule has 0 saturated heterocycles. The van der Waals surface area contributed by atoms with Gasteiger partial charge in [0.2, 0.25) is 5.91 Å². The molecule has 0 unspecified atom stereocenters. The van der Waals surface area contributed by atoms with E-state index in [2.05, 4.69) is 22.4 Å². The second-order valence-electron chi connectivity index (χ2n) is 8.49. The topological polar surface area (TPSA) is 78.3 Å². The number of nitrogens with one attached hydrogen (secondary N) is 1. The van der Waals surface area contributed by atoms with E-state index < -0.39 is 0 Å². The minimum absolute atomic E-state index is 0.0313. The molecular weight excluding hydrogens is 448 g/mol. The number of hydrogen-bond acceptors (Lipinski definition) is 6. The maximum absolute atomic E-state index is 12.7. The van der Waals surface area contributed by atoms with Crippen LogP contribution in [0.3, 0.4) is 0 Å². The summed E-state index contributed by atoms with van der Waals surface area (Å²) < 4.78 is 13.1. The summed E-state index contributed by atoms with van der Waals surface area (Å²) in [6.07, 6.45) is 4.65. The normalized spacial score (nSPS) is 17.9. The molecule has 0 spiro atoms. The van der Waals surface area contributed by atoms with Crippen LogP contribution in [-0.4, -0.2) is 46.2 Å². The van der Waals surface area contributed by atoms with Gasteiger partial charge >= 0.3 is 0 Å². The smallest absolute Gasteiger partial charge is 0.230 e. The molecule has 1 heterocycles. The lowest BCUT2D eigenvalue weighted by molar-refractivity contribution is -0.119. The van der Waals surface area contributed by atoms with Gasteiger partial charge in [-0.25, -0.2) is 0 Å². The van der Waals surface area contributed by atoms with Crippen LogP contribution >= 0.6 is 11.8 Å². The Hall–Kier alpha value is -3.00. The highest BCUT2D eigenvalue weighted by Crippen LogP contribution is 2.33. The minimum atomic E-state index is 0.0313. The first kappa shape index (κ1) is 24.1. The number of hydrogen-bond donors (Lipinski definition) is 1. The number of ether oxygens (including phenoxy) is 2. The zero-order valence-electron chi connectivity index (χ0n) is 20.0. The highest BCUT2D eigenvalue weighted by Gasteiger charge is 2.24. The first-order chi connectivity index (χ1) is 16.6. The molecule has 0 bridgehead atoms. The SMILES string of the molecule is CCOc1ccc(-n2c(SCC(=O)N[C@@H]3CCCC[C@H]3C)nnc2-c2ccccc2OC)cc1. The van der Waals surface area contributed by atoms with Gasteiger partial charge in [-0.1, -0.05) is 43.7 Å². The van der Waals surface area contributed by atoms with Crippen molar-refractivity contribution in [2.24, 2.45) is 5.92 Å². The van der Waals surface area contributed by atoms with Crippen LogP contribution in [0.25, 0.3) is 17.1 Å². The number of para-hydroxylation sites is 1. The zero-order chi connectivity index (χ0) is 23.9. The van der Waals surface area contributed by atoms with Crippen molar-refractivity contribution >= 4 is 17.7 Å². The van der Waals surface area contributed by atoms with Crippen LogP contribution in [0.4, 0.5) is 0 Å². The van der Waals surface area contributed by atoms with Crippen LogP contribution in [-0.2, 0) is 4.79 Å². The standard InChI is InChI=1S/C26H32N4O3S/c1-4-33-20-15-13-19(14-16-20)30-25(21-10-6-8-12-23(21)32-3)28-29-26(30)34-17-24(31)27-22-11-7-5-9-18(22)2/h6,8,10,12-16,18,22H,4-5,7,9,11,17H2,1-3H3,(H,27,31)/t18-,22-/m1/s1. The van der Waals surface area contributed by atoms with E-state index in [1.54, 1.807) is 7.11 Å². The Morgan fingerprint density at radius 2 is 1.88 bits per heavy atom. The van der Waals surface area contributed by atoms with Crippen LogP contribution in [0, 0.1) is 5.92 Å². The molecule has 1 aromatic heterocycles. The molecule has 8 heteroatoms. The lowest BCUT2D eigenvalue weighted by atomic mass is 9.86. The molecule has 2 atom stereocenters. The first-order valence-corrected chi connectivity index (χ1v) is 12.8. The Morgan fingerprint density at radius 3 is 2.62 bits per heavy atom. The number of thioether (sulfide) groups is 1. The second-order valence-corrected chi connectivity index (χ2v) is 9.44. The molecule has 3 aromatic rings. The molecule has 0 aliphatic heterocycles. The summed E-state index contributed by atoms with van der Waals surface area (Å²) >= 11 is 1.39. The third-order valence-electron chi connectivity index (χ3n) is 6.18. The van der Waals surface area contributed by atoms with Crippen LogP contribution in [0.5, 0.6) is 11.5 Å². The Bertz CT molecular complexity index is 1100. The summed E-state index contributed by atoms with van der Waals surface area (Å²) in [6.45, 7) is 4.79. The van der Waals surface area contributed by atoms with Gasteiger partial charge < -0.3 is 14.8 Å². The summed E-state index contributed by atoms with van der Waals surface area (Å²) in [7, 11) is 1.64. The third kappa shape index (κ3) is 5.55. The molecule has 0 radical (unpaired) electrons. The van der Waals surface area contributed by atoms with E-state index in [1.807, 2.05) is 60.0 Å². The second kappa shape index (κ2) is 11.4. The van der Waals surface area contributed by atoms with Crippen molar-refractivity contribution in [3.05, 3.63) is 48.5 Å². The van der Waals surface area contributed by atoms with E-state index in [0.717, 1.165) is 23.4 Å². The van der Waals surface area contributed by atoms with Gasteiger partial charge in [-0.2, -0.15) is 0 Å². The van der Waals surface area contributed by atoms with E-state index in [1.165, 1.54) is 31.0 Å². The van der Waals surface area contributed by atoms with Gasteiger partial charge in [0.1, 0.15) is 11.5 Å². The molecule has 1 aliphatic carbocycles.